The average Bonchev–Trinajstić information content (AvgIpc) is 2.56. The second kappa shape index (κ2) is 6.36. The number of hydrogen-bond acceptors (Lipinski definition) is 0. The van der Waals surface area contributed by atoms with Crippen LogP contribution in [-0.2, 0) is 0 Å². The van der Waals surface area contributed by atoms with Crippen molar-refractivity contribution in [2.45, 2.75) is 32.6 Å². The second-order valence-electron chi connectivity index (χ2n) is 6.51. The van der Waals surface area contributed by atoms with Gasteiger partial charge in [0.25, 0.3) is 0 Å². The van der Waals surface area contributed by atoms with Gasteiger partial charge in [0.15, 0.2) is 0 Å². The lowest BCUT2D eigenvalue weighted by Crippen LogP contribution is -2.12. The molecule has 2 atom stereocenters. The van der Waals surface area contributed by atoms with Crippen LogP contribution in [-0.4, -0.2) is 0 Å². The van der Waals surface area contributed by atoms with Gasteiger partial charge in [0.05, 0.1) is 0 Å². The van der Waals surface area contributed by atoms with Gasteiger partial charge in [-0.1, -0.05) is 93.6 Å². The minimum absolute atomic E-state index is 0.464. The van der Waals surface area contributed by atoms with E-state index < -0.39 is 0 Å². The molecule has 3 rings (SSSR count). The minimum atomic E-state index is 0.464. The number of benzene rings is 2. The van der Waals surface area contributed by atoms with Crippen LogP contribution in [0.25, 0.3) is 5.57 Å². The molecule has 112 valence electrons. The van der Waals surface area contributed by atoms with E-state index in [9.17, 15) is 0 Å². The van der Waals surface area contributed by atoms with Crippen molar-refractivity contribution in [2.24, 2.45) is 5.92 Å². The Hall–Kier alpha value is -2.08. The topological polar surface area (TPSA) is 0 Å². The second-order valence-corrected chi connectivity index (χ2v) is 6.51. The molecule has 0 N–H and O–H groups in total. The fourth-order valence-corrected chi connectivity index (χ4v) is 3.29. The van der Waals surface area contributed by atoms with Gasteiger partial charge in [-0.25, -0.2) is 0 Å². The van der Waals surface area contributed by atoms with E-state index in [1.54, 1.807) is 0 Å². The summed E-state index contributed by atoms with van der Waals surface area (Å²) in [5.41, 5.74) is 5.59. The molecule has 22 heavy (non-hydrogen) atoms. The molecule has 0 saturated carbocycles. The summed E-state index contributed by atoms with van der Waals surface area (Å²) >= 11 is 0. The summed E-state index contributed by atoms with van der Waals surface area (Å²) in [4.78, 5) is 0. The van der Waals surface area contributed by atoms with E-state index in [-0.39, 0.29) is 0 Å². The lowest BCUT2D eigenvalue weighted by molar-refractivity contribution is 0.653. The number of allylic oxidation sites excluding steroid dienone is 4. The molecule has 0 aromatic heterocycles. The van der Waals surface area contributed by atoms with Crippen LogP contribution in [0.4, 0.5) is 0 Å². The van der Waals surface area contributed by atoms with Crippen LogP contribution in [0.3, 0.4) is 0 Å². The fraction of sp³-hybridized carbons (Fsp3) is 0.273. The Bertz CT molecular complexity index is 672. The molecular formula is C22H24. The summed E-state index contributed by atoms with van der Waals surface area (Å²) in [6.07, 6.45) is 6.81. The van der Waals surface area contributed by atoms with Crippen molar-refractivity contribution in [1.82, 2.24) is 0 Å². The van der Waals surface area contributed by atoms with Gasteiger partial charge in [0.1, 0.15) is 0 Å². The monoisotopic (exact) mass is 288 g/mol. The van der Waals surface area contributed by atoms with Gasteiger partial charge < -0.3 is 0 Å². The third kappa shape index (κ3) is 2.92. The van der Waals surface area contributed by atoms with E-state index in [0.717, 1.165) is 0 Å². The van der Waals surface area contributed by atoms with E-state index >= 15 is 0 Å². The summed E-state index contributed by atoms with van der Waals surface area (Å²) in [6, 6.07) is 19.9. The molecule has 0 aliphatic heterocycles. The summed E-state index contributed by atoms with van der Waals surface area (Å²) in [6.45, 7) is 6.82. The Morgan fingerprint density at radius 2 is 1.55 bits per heavy atom. The molecule has 1 aliphatic rings. The van der Waals surface area contributed by atoms with Crippen LogP contribution in [0.2, 0.25) is 0 Å². The van der Waals surface area contributed by atoms with Gasteiger partial charge >= 0.3 is 0 Å². The van der Waals surface area contributed by atoms with Crippen LogP contribution in [0.5, 0.6) is 0 Å². The Labute approximate surface area is 134 Å². The predicted octanol–water partition coefficient (Wildman–Crippen LogP) is 6.18. The zero-order chi connectivity index (χ0) is 15.5. The average molecular weight is 288 g/mol. The Morgan fingerprint density at radius 3 is 2.18 bits per heavy atom. The maximum Gasteiger partial charge on any atom is 0.00873 e. The zero-order valence-corrected chi connectivity index (χ0v) is 13.7. The molecule has 2 aromatic carbocycles. The van der Waals surface area contributed by atoms with Crippen molar-refractivity contribution in [2.75, 3.05) is 0 Å². The minimum Gasteiger partial charge on any atom is -0.0764 e. The molecule has 2 unspecified atom stereocenters. The fourth-order valence-electron chi connectivity index (χ4n) is 3.29. The maximum absolute atomic E-state index is 2.34. The molecular weight excluding hydrogens is 264 g/mol. The largest absolute Gasteiger partial charge is 0.0764 e. The van der Waals surface area contributed by atoms with Crippen molar-refractivity contribution in [3.8, 4) is 0 Å². The molecule has 1 aliphatic carbocycles. The first-order valence-electron chi connectivity index (χ1n) is 8.20. The summed E-state index contributed by atoms with van der Waals surface area (Å²) in [5, 5.41) is 0. The molecule has 0 heteroatoms. The highest BCUT2D eigenvalue weighted by Crippen LogP contribution is 2.39. The normalized spacial score (nSPS) is 21.0. The summed E-state index contributed by atoms with van der Waals surface area (Å²) in [5.74, 6) is 1.55. The number of hydrogen-bond donors (Lipinski definition) is 0. The van der Waals surface area contributed by atoms with Crippen molar-refractivity contribution < 1.29 is 0 Å². The van der Waals surface area contributed by atoms with Gasteiger partial charge in [-0.15, -0.1) is 0 Å². The third-order valence-corrected chi connectivity index (χ3v) is 4.72. The highest BCUT2D eigenvalue weighted by atomic mass is 14.3. The van der Waals surface area contributed by atoms with E-state index in [1.165, 1.54) is 22.3 Å². The zero-order valence-electron chi connectivity index (χ0n) is 13.7. The van der Waals surface area contributed by atoms with Gasteiger partial charge in [-0.3, -0.25) is 0 Å². The SMILES string of the molecule is CC(C)c1ccc(C2=CC=CC(c3ccccc3)C2C)cc1. The first-order chi connectivity index (χ1) is 10.7. The van der Waals surface area contributed by atoms with Gasteiger partial charge in [-0.2, -0.15) is 0 Å². The standard InChI is InChI=1S/C22H24/c1-16(2)18-12-14-20(15-13-18)22-11-7-10-21(17(22)3)19-8-5-4-6-9-19/h4-17,21H,1-3H3. The molecule has 0 bridgehead atoms. The first kappa shape index (κ1) is 14.8. The Kier molecular flexibility index (Phi) is 4.29. The molecule has 0 radical (unpaired) electrons. The number of rotatable bonds is 3. The molecule has 0 heterocycles. The molecule has 0 fully saturated rings. The summed E-state index contributed by atoms with van der Waals surface area (Å²) < 4.78 is 0. The van der Waals surface area contributed by atoms with E-state index in [4.69, 9.17) is 0 Å². The van der Waals surface area contributed by atoms with E-state index in [2.05, 4.69) is 93.6 Å². The quantitative estimate of drug-likeness (QED) is 0.632. The molecule has 0 nitrogen and oxygen atoms in total. The van der Waals surface area contributed by atoms with Crippen LogP contribution in [0, 0.1) is 5.92 Å². The highest BCUT2D eigenvalue weighted by Gasteiger charge is 2.23. The summed E-state index contributed by atoms with van der Waals surface area (Å²) in [7, 11) is 0. The Balaban J connectivity index is 1.88. The smallest absolute Gasteiger partial charge is 0.00873 e. The van der Waals surface area contributed by atoms with Gasteiger partial charge in [-0.05, 0) is 34.1 Å². The maximum atomic E-state index is 2.34. The highest BCUT2D eigenvalue weighted by molar-refractivity contribution is 5.71. The van der Waals surface area contributed by atoms with E-state index in [1.807, 2.05) is 0 Å². The van der Waals surface area contributed by atoms with Gasteiger partial charge in [0.2, 0.25) is 0 Å². The van der Waals surface area contributed by atoms with Crippen LogP contribution in [0.1, 0.15) is 49.3 Å². The third-order valence-electron chi connectivity index (χ3n) is 4.72. The molecule has 0 amide bonds. The first-order valence-corrected chi connectivity index (χ1v) is 8.20. The van der Waals surface area contributed by atoms with Gasteiger partial charge in [0, 0.05) is 5.92 Å². The molecule has 0 saturated heterocycles. The lowest BCUT2D eigenvalue weighted by Gasteiger charge is -2.27. The van der Waals surface area contributed by atoms with Crippen molar-refractivity contribution >= 4 is 5.57 Å². The molecule has 0 spiro atoms. The van der Waals surface area contributed by atoms with Crippen LogP contribution >= 0.6 is 0 Å². The van der Waals surface area contributed by atoms with Crippen molar-refractivity contribution in [1.29, 1.82) is 0 Å². The van der Waals surface area contributed by atoms with Crippen LogP contribution < -0.4 is 0 Å². The van der Waals surface area contributed by atoms with E-state index in [0.29, 0.717) is 17.8 Å². The lowest BCUT2D eigenvalue weighted by atomic mass is 9.77. The molecule has 2 aromatic rings. The van der Waals surface area contributed by atoms with Crippen LogP contribution in [0.15, 0.2) is 72.8 Å². The van der Waals surface area contributed by atoms with Crippen molar-refractivity contribution in [3.63, 3.8) is 0 Å². The Morgan fingerprint density at radius 1 is 0.864 bits per heavy atom. The predicted molar refractivity (Wildman–Crippen MR) is 96.0 cm³/mol. The van der Waals surface area contributed by atoms with Crippen molar-refractivity contribution in [3.05, 3.63) is 89.5 Å².